The number of hydrogen-bond acceptors (Lipinski definition) is 6. The first-order chi connectivity index (χ1) is 18.6. The molecule has 3 heterocycles. The van der Waals surface area contributed by atoms with E-state index in [2.05, 4.69) is 22.0 Å². The molecule has 1 unspecified atom stereocenters. The number of para-hydroxylation sites is 2. The number of alkyl halides is 1. The average Bonchev–Trinajstić information content (AvgIpc) is 3.16. The number of amides is 1. The second-order valence-electron chi connectivity index (χ2n) is 9.78. The number of unbranched alkanes of at least 4 members (excludes halogenated alkanes) is 7. The van der Waals surface area contributed by atoms with Crippen LogP contribution in [-0.4, -0.2) is 17.8 Å². The van der Waals surface area contributed by atoms with Gasteiger partial charge in [0, 0.05) is 23.1 Å². The van der Waals surface area contributed by atoms with Crippen LogP contribution >= 0.6 is 15.9 Å². The molecule has 2 N–H and O–H groups in total. The zero-order valence-corrected chi connectivity index (χ0v) is 22.8. The van der Waals surface area contributed by atoms with E-state index in [0.717, 1.165) is 24.6 Å². The van der Waals surface area contributed by atoms with Gasteiger partial charge in [-0.3, -0.25) is 4.79 Å². The average molecular weight is 576 g/mol. The normalized spacial score (nSPS) is 18.0. The fourth-order valence-corrected chi connectivity index (χ4v) is 6.14. The molecule has 0 aliphatic carbocycles. The molecule has 0 radical (unpaired) electrons. The standard InChI is InChI=1S/C30H30BrN3O4/c31-17-11-5-3-1-2-4-6-12-18-34-23-15-9-8-14-21(23)30(29(34)36)22(19-32)27(33)38-26-20-13-7-10-16-24(20)37-28(35)25(26)30/h7-10,13-16H,1-6,11-12,17-18,33H2. The number of carbonyl (C=O) groups is 1. The van der Waals surface area contributed by atoms with Crippen LogP contribution in [0.5, 0.6) is 5.75 Å². The molecule has 38 heavy (non-hydrogen) atoms. The number of nitrogens with two attached hydrogens (primary N) is 1. The summed E-state index contributed by atoms with van der Waals surface area (Å²) in [6, 6.07) is 16.3. The SMILES string of the molecule is N#CC1=C(N)Oc2c(c(=O)oc3ccccc23)C12C(=O)N(CCCCCCCCCCBr)c1ccccc12. The lowest BCUT2D eigenvalue weighted by Gasteiger charge is -2.33. The van der Waals surface area contributed by atoms with Crippen LogP contribution in [0, 0.1) is 11.3 Å². The minimum Gasteiger partial charge on any atom is -0.439 e. The number of hydrogen-bond donors (Lipinski definition) is 1. The van der Waals surface area contributed by atoms with Crippen molar-refractivity contribution in [2.45, 2.75) is 56.8 Å². The third kappa shape index (κ3) is 4.19. The molecular formula is C30H30BrN3O4. The maximum Gasteiger partial charge on any atom is 0.345 e. The lowest BCUT2D eigenvalue weighted by molar-refractivity contribution is -0.121. The number of carbonyl (C=O) groups excluding carboxylic acids is 1. The zero-order chi connectivity index (χ0) is 26.7. The fraction of sp³-hybridized carbons (Fsp3) is 0.367. The highest BCUT2D eigenvalue weighted by Crippen LogP contribution is 2.55. The molecule has 0 saturated carbocycles. The monoisotopic (exact) mass is 575 g/mol. The summed E-state index contributed by atoms with van der Waals surface area (Å²) in [4.78, 5) is 29.6. The number of fused-ring (bicyclic) bond motifs is 6. The second kappa shape index (κ2) is 11.0. The molecule has 196 valence electrons. The molecule has 2 aliphatic rings. The molecule has 7 nitrogen and oxygen atoms in total. The van der Waals surface area contributed by atoms with Crippen molar-refractivity contribution in [1.82, 2.24) is 0 Å². The number of halogens is 1. The second-order valence-corrected chi connectivity index (χ2v) is 10.6. The minimum absolute atomic E-state index is 0.00498. The van der Waals surface area contributed by atoms with Crippen LogP contribution in [0.1, 0.15) is 62.5 Å². The quantitative estimate of drug-likeness (QED) is 0.179. The summed E-state index contributed by atoms with van der Waals surface area (Å²) in [6.07, 6.45) is 9.01. The van der Waals surface area contributed by atoms with Gasteiger partial charge >= 0.3 is 5.63 Å². The molecule has 1 spiro atoms. The first-order valence-corrected chi connectivity index (χ1v) is 14.3. The Labute approximate surface area is 230 Å². The number of nitriles is 1. The maximum absolute atomic E-state index is 14.4. The molecule has 1 aromatic heterocycles. The van der Waals surface area contributed by atoms with Crippen molar-refractivity contribution in [3.05, 3.63) is 81.5 Å². The molecule has 1 atom stereocenters. The lowest BCUT2D eigenvalue weighted by Crippen LogP contribution is -2.48. The van der Waals surface area contributed by atoms with Crippen LogP contribution in [0.25, 0.3) is 11.0 Å². The smallest absolute Gasteiger partial charge is 0.345 e. The predicted octanol–water partition coefficient (Wildman–Crippen LogP) is 6.03. The highest BCUT2D eigenvalue weighted by Gasteiger charge is 2.61. The van der Waals surface area contributed by atoms with E-state index in [9.17, 15) is 14.9 Å². The third-order valence-corrected chi connectivity index (χ3v) is 8.08. The van der Waals surface area contributed by atoms with Gasteiger partial charge in [-0.25, -0.2) is 4.79 Å². The third-order valence-electron chi connectivity index (χ3n) is 7.52. The van der Waals surface area contributed by atoms with Crippen molar-refractivity contribution in [2.24, 2.45) is 5.73 Å². The Morgan fingerprint density at radius 2 is 1.58 bits per heavy atom. The molecule has 2 aromatic carbocycles. The van der Waals surface area contributed by atoms with Gasteiger partial charge in [0.05, 0.1) is 5.39 Å². The molecular weight excluding hydrogens is 546 g/mol. The van der Waals surface area contributed by atoms with Crippen LogP contribution in [0.3, 0.4) is 0 Å². The molecule has 1 amide bonds. The van der Waals surface area contributed by atoms with E-state index < -0.39 is 11.0 Å². The molecule has 0 bridgehead atoms. The summed E-state index contributed by atoms with van der Waals surface area (Å²) in [5.41, 5.74) is 5.31. The van der Waals surface area contributed by atoms with Gasteiger partial charge in [0.1, 0.15) is 22.8 Å². The number of anilines is 1. The van der Waals surface area contributed by atoms with Gasteiger partial charge in [-0.2, -0.15) is 5.26 Å². The molecule has 2 aliphatic heterocycles. The van der Waals surface area contributed by atoms with Crippen molar-refractivity contribution in [3.63, 3.8) is 0 Å². The van der Waals surface area contributed by atoms with Gasteiger partial charge < -0.3 is 19.8 Å². The molecule has 3 aromatic rings. The van der Waals surface area contributed by atoms with E-state index in [4.69, 9.17) is 14.9 Å². The van der Waals surface area contributed by atoms with Gasteiger partial charge in [-0.15, -0.1) is 0 Å². The largest absolute Gasteiger partial charge is 0.439 e. The van der Waals surface area contributed by atoms with E-state index in [1.54, 1.807) is 41.3 Å². The molecule has 8 heteroatoms. The van der Waals surface area contributed by atoms with Crippen LogP contribution in [0.15, 0.2) is 69.2 Å². The van der Waals surface area contributed by atoms with Gasteiger partial charge in [-0.05, 0) is 31.0 Å². The maximum atomic E-state index is 14.4. The Bertz CT molecular complexity index is 1510. The Morgan fingerprint density at radius 3 is 2.32 bits per heavy atom. The highest BCUT2D eigenvalue weighted by atomic mass is 79.9. The van der Waals surface area contributed by atoms with Crippen LogP contribution in [0.2, 0.25) is 0 Å². The highest BCUT2D eigenvalue weighted by molar-refractivity contribution is 9.09. The lowest BCUT2D eigenvalue weighted by atomic mass is 9.69. The Morgan fingerprint density at radius 1 is 0.921 bits per heavy atom. The van der Waals surface area contributed by atoms with E-state index >= 15 is 0 Å². The van der Waals surface area contributed by atoms with Crippen LogP contribution < -0.4 is 21.0 Å². The van der Waals surface area contributed by atoms with Gasteiger partial charge in [0.15, 0.2) is 11.2 Å². The van der Waals surface area contributed by atoms with Gasteiger partial charge in [0.25, 0.3) is 0 Å². The van der Waals surface area contributed by atoms with Crippen molar-refractivity contribution >= 4 is 38.5 Å². The molecule has 0 fully saturated rings. The van der Waals surface area contributed by atoms with Gasteiger partial charge in [-0.1, -0.05) is 84.8 Å². The van der Waals surface area contributed by atoms with Crippen molar-refractivity contribution in [3.8, 4) is 11.8 Å². The summed E-state index contributed by atoms with van der Waals surface area (Å²) in [6.45, 7) is 0.481. The summed E-state index contributed by atoms with van der Waals surface area (Å²) in [5.74, 6) is -0.390. The first-order valence-electron chi connectivity index (χ1n) is 13.2. The number of benzene rings is 2. The topological polar surface area (TPSA) is 110 Å². The van der Waals surface area contributed by atoms with Crippen molar-refractivity contribution in [1.29, 1.82) is 5.26 Å². The zero-order valence-electron chi connectivity index (χ0n) is 21.2. The number of nitrogens with zero attached hydrogens (tertiary/aromatic N) is 2. The van der Waals surface area contributed by atoms with E-state index in [-0.39, 0.29) is 28.7 Å². The summed E-state index contributed by atoms with van der Waals surface area (Å²) >= 11 is 3.47. The minimum atomic E-state index is -1.72. The van der Waals surface area contributed by atoms with E-state index in [1.165, 1.54) is 32.1 Å². The van der Waals surface area contributed by atoms with Crippen molar-refractivity contribution < 1.29 is 13.9 Å². The van der Waals surface area contributed by atoms with Crippen molar-refractivity contribution in [2.75, 3.05) is 16.8 Å². The van der Waals surface area contributed by atoms with Crippen LogP contribution in [-0.2, 0) is 10.2 Å². The van der Waals surface area contributed by atoms with E-state index in [0.29, 0.717) is 28.8 Å². The Hall–Kier alpha value is -3.57. The first kappa shape index (κ1) is 26.1. The Balaban J connectivity index is 1.51. The van der Waals surface area contributed by atoms with E-state index in [1.807, 2.05) is 12.1 Å². The Kier molecular flexibility index (Phi) is 7.57. The summed E-state index contributed by atoms with van der Waals surface area (Å²) in [5, 5.41) is 11.8. The van der Waals surface area contributed by atoms with Crippen LogP contribution in [0.4, 0.5) is 5.69 Å². The number of ether oxygens (including phenoxy) is 1. The molecule has 5 rings (SSSR count). The fourth-order valence-electron chi connectivity index (χ4n) is 5.74. The molecule has 0 saturated heterocycles. The summed E-state index contributed by atoms with van der Waals surface area (Å²) in [7, 11) is 0. The summed E-state index contributed by atoms with van der Waals surface area (Å²) < 4.78 is 11.5. The number of rotatable bonds is 10. The van der Waals surface area contributed by atoms with Gasteiger partial charge in [0.2, 0.25) is 11.8 Å². The predicted molar refractivity (Wildman–Crippen MR) is 150 cm³/mol.